The van der Waals surface area contributed by atoms with E-state index in [1.807, 2.05) is 0 Å². The van der Waals surface area contributed by atoms with Gasteiger partial charge in [-0.3, -0.25) is 4.79 Å². The Morgan fingerprint density at radius 2 is 2.36 bits per heavy atom. The molecule has 1 fully saturated rings. The van der Waals surface area contributed by atoms with Gasteiger partial charge >= 0.3 is 0 Å². The van der Waals surface area contributed by atoms with Crippen molar-refractivity contribution < 1.29 is 9.53 Å². The summed E-state index contributed by atoms with van der Waals surface area (Å²) in [4.78, 5) is 10.4. The molecule has 0 aliphatic carbocycles. The first-order valence-corrected chi connectivity index (χ1v) is 5.33. The van der Waals surface area contributed by atoms with Crippen molar-refractivity contribution in [2.45, 2.75) is 44.8 Å². The molecule has 82 valence electrons. The highest BCUT2D eigenvalue weighted by Crippen LogP contribution is 2.17. The highest BCUT2D eigenvalue weighted by Gasteiger charge is 2.20. The summed E-state index contributed by atoms with van der Waals surface area (Å²) < 4.78 is 5.63. The molecule has 0 spiro atoms. The fourth-order valence-electron chi connectivity index (χ4n) is 1.69. The van der Waals surface area contributed by atoms with Gasteiger partial charge in [-0.15, -0.1) is 0 Å². The third-order valence-electron chi connectivity index (χ3n) is 2.47. The van der Waals surface area contributed by atoms with E-state index >= 15 is 0 Å². The first-order valence-electron chi connectivity index (χ1n) is 5.33. The number of amides is 1. The standard InChI is InChI=1S/C10H20N2O2/c1-8-4-5-9(14-8)7-12-6-2-3-10(11)13/h8-9,12H,2-7H2,1H3,(H2,11,13). The quantitative estimate of drug-likeness (QED) is 0.610. The minimum absolute atomic E-state index is 0.225. The van der Waals surface area contributed by atoms with Gasteiger partial charge < -0.3 is 15.8 Å². The summed E-state index contributed by atoms with van der Waals surface area (Å²) in [6.45, 7) is 3.84. The molecule has 0 saturated carbocycles. The maximum atomic E-state index is 10.4. The largest absolute Gasteiger partial charge is 0.374 e. The molecule has 14 heavy (non-hydrogen) atoms. The van der Waals surface area contributed by atoms with Crippen molar-refractivity contribution in [1.82, 2.24) is 5.32 Å². The molecular formula is C10H20N2O2. The third kappa shape index (κ3) is 4.58. The normalized spacial score (nSPS) is 26.6. The molecule has 2 atom stereocenters. The van der Waals surface area contributed by atoms with Crippen LogP contribution in [0, 0.1) is 0 Å². The summed E-state index contributed by atoms with van der Waals surface area (Å²) in [5.41, 5.74) is 5.02. The molecule has 4 heteroatoms. The van der Waals surface area contributed by atoms with Gasteiger partial charge in [0.25, 0.3) is 0 Å². The Morgan fingerprint density at radius 3 is 2.93 bits per heavy atom. The minimum atomic E-state index is -0.225. The van der Waals surface area contributed by atoms with E-state index in [4.69, 9.17) is 10.5 Å². The number of hydrogen-bond donors (Lipinski definition) is 2. The molecule has 0 aromatic rings. The van der Waals surface area contributed by atoms with Gasteiger partial charge in [0, 0.05) is 13.0 Å². The van der Waals surface area contributed by atoms with Gasteiger partial charge in [0.2, 0.25) is 5.91 Å². The van der Waals surface area contributed by atoms with E-state index in [9.17, 15) is 4.79 Å². The summed E-state index contributed by atoms with van der Waals surface area (Å²) >= 11 is 0. The molecule has 1 heterocycles. The number of rotatable bonds is 6. The van der Waals surface area contributed by atoms with Crippen molar-refractivity contribution >= 4 is 5.91 Å². The number of carbonyl (C=O) groups is 1. The van der Waals surface area contributed by atoms with Gasteiger partial charge in [0.05, 0.1) is 12.2 Å². The van der Waals surface area contributed by atoms with Crippen molar-refractivity contribution in [3.05, 3.63) is 0 Å². The summed E-state index contributed by atoms with van der Waals surface area (Å²) in [5, 5.41) is 3.27. The summed E-state index contributed by atoms with van der Waals surface area (Å²) in [6.07, 6.45) is 4.36. The van der Waals surface area contributed by atoms with E-state index in [-0.39, 0.29) is 5.91 Å². The van der Waals surface area contributed by atoms with Crippen molar-refractivity contribution in [3.8, 4) is 0 Å². The average Bonchev–Trinajstić information content (AvgIpc) is 2.50. The first-order chi connectivity index (χ1) is 6.68. The van der Waals surface area contributed by atoms with Crippen LogP contribution in [0.1, 0.15) is 32.6 Å². The van der Waals surface area contributed by atoms with Crippen LogP contribution < -0.4 is 11.1 Å². The first kappa shape index (κ1) is 11.5. The summed E-state index contributed by atoms with van der Waals surface area (Å²) in [5.74, 6) is -0.225. The number of nitrogens with two attached hydrogens (primary N) is 1. The second-order valence-electron chi connectivity index (χ2n) is 3.92. The second-order valence-corrected chi connectivity index (χ2v) is 3.92. The maximum Gasteiger partial charge on any atom is 0.217 e. The molecule has 2 unspecified atom stereocenters. The SMILES string of the molecule is CC1CCC(CNCCCC(N)=O)O1. The van der Waals surface area contributed by atoms with Gasteiger partial charge in [-0.1, -0.05) is 0 Å². The van der Waals surface area contributed by atoms with Crippen LogP contribution in [0.4, 0.5) is 0 Å². The lowest BCUT2D eigenvalue weighted by molar-refractivity contribution is -0.118. The Bertz CT molecular complexity index is 185. The molecule has 0 radical (unpaired) electrons. The van der Waals surface area contributed by atoms with Crippen molar-refractivity contribution in [2.75, 3.05) is 13.1 Å². The lowest BCUT2D eigenvalue weighted by atomic mass is 10.2. The van der Waals surface area contributed by atoms with Gasteiger partial charge in [0.1, 0.15) is 0 Å². The Kier molecular flexibility index (Phi) is 4.90. The van der Waals surface area contributed by atoms with Crippen LogP contribution in [0.2, 0.25) is 0 Å². The van der Waals surface area contributed by atoms with Crippen molar-refractivity contribution in [3.63, 3.8) is 0 Å². The highest BCUT2D eigenvalue weighted by atomic mass is 16.5. The number of ether oxygens (including phenoxy) is 1. The van der Waals surface area contributed by atoms with Crippen LogP contribution in [0.5, 0.6) is 0 Å². The number of hydrogen-bond acceptors (Lipinski definition) is 3. The average molecular weight is 200 g/mol. The minimum Gasteiger partial charge on any atom is -0.374 e. The number of carbonyl (C=O) groups excluding carboxylic acids is 1. The Balaban J connectivity index is 1.91. The van der Waals surface area contributed by atoms with E-state index in [0.717, 1.165) is 32.4 Å². The molecule has 4 nitrogen and oxygen atoms in total. The lowest BCUT2D eigenvalue weighted by Crippen LogP contribution is -2.28. The molecule has 1 rings (SSSR count). The molecule has 1 aliphatic rings. The topological polar surface area (TPSA) is 64.3 Å². The Labute approximate surface area is 85.2 Å². The van der Waals surface area contributed by atoms with Crippen LogP contribution in [0.3, 0.4) is 0 Å². The van der Waals surface area contributed by atoms with Gasteiger partial charge in [0.15, 0.2) is 0 Å². The summed E-state index contributed by atoms with van der Waals surface area (Å²) in [7, 11) is 0. The van der Waals surface area contributed by atoms with E-state index < -0.39 is 0 Å². The van der Waals surface area contributed by atoms with E-state index in [1.54, 1.807) is 0 Å². The van der Waals surface area contributed by atoms with Gasteiger partial charge in [-0.05, 0) is 32.7 Å². The molecule has 3 N–H and O–H groups in total. The molecule has 0 aromatic carbocycles. The zero-order chi connectivity index (χ0) is 10.4. The van der Waals surface area contributed by atoms with Crippen LogP contribution in [0.25, 0.3) is 0 Å². The lowest BCUT2D eigenvalue weighted by Gasteiger charge is -2.11. The number of primary amides is 1. The predicted octanol–water partition coefficient (Wildman–Crippen LogP) is 0.409. The van der Waals surface area contributed by atoms with Gasteiger partial charge in [-0.25, -0.2) is 0 Å². The summed E-state index contributed by atoms with van der Waals surface area (Å²) in [6, 6.07) is 0. The van der Waals surface area contributed by atoms with E-state index in [0.29, 0.717) is 18.6 Å². The van der Waals surface area contributed by atoms with Crippen molar-refractivity contribution in [2.24, 2.45) is 5.73 Å². The second kappa shape index (κ2) is 5.98. The monoisotopic (exact) mass is 200 g/mol. The molecule has 1 amide bonds. The fraction of sp³-hybridized carbons (Fsp3) is 0.900. The zero-order valence-electron chi connectivity index (χ0n) is 8.79. The maximum absolute atomic E-state index is 10.4. The molecular weight excluding hydrogens is 180 g/mol. The molecule has 0 bridgehead atoms. The zero-order valence-corrected chi connectivity index (χ0v) is 8.79. The fourth-order valence-corrected chi connectivity index (χ4v) is 1.69. The number of nitrogens with one attached hydrogen (secondary N) is 1. The van der Waals surface area contributed by atoms with Crippen molar-refractivity contribution in [1.29, 1.82) is 0 Å². The molecule has 1 aliphatic heterocycles. The van der Waals surface area contributed by atoms with Gasteiger partial charge in [-0.2, -0.15) is 0 Å². The van der Waals surface area contributed by atoms with Crippen LogP contribution in [0.15, 0.2) is 0 Å². The van der Waals surface area contributed by atoms with Crippen LogP contribution >= 0.6 is 0 Å². The third-order valence-corrected chi connectivity index (χ3v) is 2.47. The Morgan fingerprint density at radius 1 is 1.57 bits per heavy atom. The van der Waals surface area contributed by atoms with E-state index in [2.05, 4.69) is 12.2 Å². The van der Waals surface area contributed by atoms with Crippen LogP contribution in [-0.2, 0) is 9.53 Å². The molecule has 1 saturated heterocycles. The highest BCUT2D eigenvalue weighted by molar-refractivity contribution is 5.73. The van der Waals surface area contributed by atoms with E-state index in [1.165, 1.54) is 0 Å². The smallest absolute Gasteiger partial charge is 0.217 e. The van der Waals surface area contributed by atoms with Crippen LogP contribution in [-0.4, -0.2) is 31.2 Å². The molecule has 0 aromatic heterocycles. The predicted molar refractivity (Wildman–Crippen MR) is 54.9 cm³/mol. The Hall–Kier alpha value is -0.610.